The van der Waals surface area contributed by atoms with Gasteiger partial charge in [-0.05, 0) is 6.07 Å². The zero-order valence-electron chi connectivity index (χ0n) is 8.45. The van der Waals surface area contributed by atoms with Crippen LogP contribution in [0.4, 0.5) is 0 Å². The molecule has 0 spiro atoms. The highest BCUT2D eigenvalue weighted by Crippen LogP contribution is 2.33. The van der Waals surface area contributed by atoms with Crippen LogP contribution in [-0.2, 0) is 6.42 Å². The molecule has 16 heavy (non-hydrogen) atoms. The topological polar surface area (TPSA) is 12.9 Å². The summed E-state index contributed by atoms with van der Waals surface area (Å²) in [5.41, 5.74) is 3.12. The van der Waals surface area contributed by atoms with E-state index in [0.29, 0.717) is 4.83 Å². The summed E-state index contributed by atoms with van der Waals surface area (Å²) >= 11 is 9.98. The van der Waals surface area contributed by atoms with Crippen molar-refractivity contribution in [1.82, 2.24) is 4.98 Å². The summed E-state index contributed by atoms with van der Waals surface area (Å²) in [7, 11) is 0. The van der Waals surface area contributed by atoms with Crippen LogP contribution in [0.5, 0.6) is 0 Å². The number of halogens is 2. The zero-order valence-corrected chi connectivity index (χ0v) is 10.8. The first-order valence-corrected chi connectivity index (χ1v) is 6.44. The van der Waals surface area contributed by atoms with Gasteiger partial charge in [-0.3, -0.25) is 4.98 Å². The summed E-state index contributed by atoms with van der Waals surface area (Å²) in [6.45, 7) is 0. The van der Waals surface area contributed by atoms with Crippen LogP contribution >= 0.6 is 27.5 Å². The molecule has 0 aliphatic heterocycles. The van der Waals surface area contributed by atoms with Crippen LogP contribution in [-0.4, -0.2) is 9.81 Å². The van der Waals surface area contributed by atoms with E-state index in [-0.39, 0.29) is 0 Å². The minimum absolute atomic E-state index is 0.365. The van der Waals surface area contributed by atoms with Crippen LogP contribution < -0.4 is 0 Å². The van der Waals surface area contributed by atoms with Gasteiger partial charge >= 0.3 is 0 Å². The van der Waals surface area contributed by atoms with Gasteiger partial charge in [-0.1, -0.05) is 57.9 Å². The number of fused-ring (bicyclic) bond motifs is 2. The Labute approximate surface area is 107 Å². The molecule has 0 N–H and O–H groups in total. The van der Waals surface area contributed by atoms with E-state index >= 15 is 0 Å². The largest absolute Gasteiger partial charge is 0.252 e. The molecule has 0 saturated heterocycles. The first-order chi connectivity index (χ1) is 7.75. The van der Waals surface area contributed by atoms with Gasteiger partial charge in [0.05, 0.1) is 16.2 Å². The van der Waals surface area contributed by atoms with Gasteiger partial charge in [-0.15, -0.1) is 0 Å². The summed E-state index contributed by atoms with van der Waals surface area (Å²) in [6.07, 6.45) is 5.07. The summed E-state index contributed by atoms with van der Waals surface area (Å²) in [4.78, 5) is 5.03. The van der Waals surface area contributed by atoms with Crippen molar-refractivity contribution in [2.75, 3.05) is 0 Å². The maximum absolute atomic E-state index is 6.40. The van der Waals surface area contributed by atoms with Crippen molar-refractivity contribution in [3.8, 4) is 0 Å². The molecule has 1 nitrogen and oxygen atoms in total. The molecule has 0 amide bonds. The van der Waals surface area contributed by atoms with Crippen molar-refractivity contribution in [3.05, 3.63) is 46.6 Å². The number of rotatable bonds is 0. The Morgan fingerprint density at radius 2 is 2.12 bits per heavy atom. The number of alkyl halides is 1. The lowest BCUT2D eigenvalue weighted by molar-refractivity contribution is 0.966. The molecule has 0 bridgehead atoms. The summed E-state index contributed by atoms with van der Waals surface area (Å²) in [6, 6.07) is 7.99. The molecule has 0 fully saturated rings. The number of nitrogens with zero attached hydrogens (tertiary/aromatic N) is 1. The number of benzene rings is 1. The predicted molar refractivity (Wildman–Crippen MR) is 72.2 cm³/mol. The highest BCUT2D eigenvalue weighted by Gasteiger charge is 2.17. The fourth-order valence-electron chi connectivity index (χ4n) is 2.01. The molecule has 1 atom stereocenters. The lowest BCUT2D eigenvalue weighted by atomic mass is 10.0. The third-order valence-corrected chi connectivity index (χ3v) is 3.84. The number of hydrogen-bond acceptors (Lipinski definition) is 1. The number of aromatic nitrogens is 1. The average Bonchev–Trinajstić information content (AvgIpc) is 2.29. The van der Waals surface area contributed by atoms with Gasteiger partial charge in [-0.2, -0.15) is 0 Å². The van der Waals surface area contributed by atoms with E-state index in [2.05, 4.69) is 33.1 Å². The van der Waals surface area contributed by atoms with E-state index in [9.17, 15) is 0 Å². The Bertz CT molecular complexity index is 592. The first-order valence-electron chi connectivity index (χ1n) is 5.15. The molecular formula is C13H9BrClN. The molecule has 0 radical (unpaired) electrons. The molecule has 1 aromatic carbocycles. The van der Waals surface area contributed by atoms with E-state index in [0.717, 1.165) is 33.6 Å². The van der Waals surface area contributed by atoms with Gasteiger partial charge in [0, 0.05) is 22.2 Å². The van der Waals surface area contributed by atoms with Crippen LogP contribution in [0.1, 0.15) is 11.3 Å². The number of allylic oxidation sites excluding steroid dienone is 1. The van der Waals surface area contributed by atoms with Gasteiger partial charge < -0.3 is 0 Å². The van der Waals surface area contributed by atoms with E-state index in [1.807, 2.05) is 24.3 Å². The van der Waals surface area contributed by atoms with Gasteiger partial charge in [0.2, 0.25) is 0 Å². The van der Waals surface area contributed by atoms with Gasteiger partial charge in [0.1, 0.15) is 0 Å². The van der Waals surface area contributed by atoms with Crippen LogP contribution in [0, 0.1) is 0 Å². The fourth-order valence-corrected chi connectivity index (χ4v) is 2.80. The highest BCUT2D eigenvalue weighted by molar-refractivity contribution is 9.09. The van der Waals surface area contributed by atoms with Crippen molar-refractivity contribution < 1.29 is 0 Å². The molecule has 3 rings (SSSR count). The van der Waals surface area contributed by atoms with Crippen molar-refractivity contribution in [3.63, 3.8) is 0 Å². The maximum Gasteiger partial charge on any atom is 0.0720 e. The third-order valence-electron chi connectivity index (χ3n) is 2.80. The van der Waals surface area contributed by atoms with E-state index in [1.54, 1.807) is 0 Å². The highest BCUT2D eigenvalue weighted by atomic mass is 79.9. The molecule has 3 heteroatoms. The standard InChI is InChI=1S/C13H9BrClN/c14-8-5-6-10-12(7-8)16-11-4-2-1-3-9(11)13(10)15/h1-6,8H,7H2. The number of hydrogen-bond donors (Lipinski definition) is 0. The summed E-state index contributed by atoms with van der Waals surface area (Å²) in [5, 5.41) is 1.84. The summed E-state index contributed by atoms with van der Waals surface area (Å²) < 4.78 is 0. The zero-order chi connectivity index (χ0) is 11.1. The van der Waals surface area contributed by atoms with Crippen molar-refractivity contribution >= 4 is 44.5 Å². The Balaban J connectivity index is 2.35. The Morgan fingerprint density at radius 1 is 1.31 bits per heavy atom. The van der Waals surface area contributed by atoms with Gasteiger partial charge in [-0.25, -0.2) is 0 Å². The monoisotopic (exact) mass is 293 g/mol. The molecule has 80 valence electrons. The SMILES string of the molecule is Clc1c2c(nc3ccccc13)CC(Br)C=C2. The lowest BCUT2D eigenvalue weighted by Gasteiger charge is -2.16. The molecular weight excluding hydrogens is 286 g/mol. The molecule has 1 aromatic heterocycles. The second-order valence-corrected chi connectivity index (χ2v) is 5.44. The average molecular weight is 295 g/mol. The first kappa shape index (κ1) is 10.3. The Hall–Kier alpha value is -0.860. The lowest BCUT2D eigenvalue weighted by Crippen LogP contribution is -2.08. The Kier molecular flexibility index (Phi) is 2.49. The van der Waals surface area contributed by atoms with E-state index < -0.39 is 0 Å². The van der Waals surface area contributed by atoms with Gasteiger partial charge in [0.25, 0.3) is 0 Å². The van der Waals surface area contributed by atoms with Crippen LogP contribution in [0.3, 0.4) is 0 Å². The third kappa shape index (κ3) is 1.57. The molecule has 1 aliphatic rings. The van der Waals surface area contributed by atoms with Crippen LogP contribution in [0.15, 0.2) is 30.3 Å². The predicted octanol–water partition coefficient (Wildman–Crippen LogP) is 4.22. The van der Waals surface area contributed by atoms with Crippen molar-refractivity contribution in [2.45, 2.75) is 11.2 Å². The second-order valence-electron chi connectivity index (χ2n) is 3.88. The van der Waals surface area contributed by atoms with Gasteiger partial charge in [0.15, 0.2) is 0 Å². The molecule has 2 aromatic rings. The molecule has 1 heterocycles. The number of para-hydroxylation sites is 1. The minimum Gasteiger partial charge on any atom is -0.252 e. The molecule has 1 unspecified atom stereocenters. The van der Waals surface area contributed by atoms with Crippen LogP contribution in [0.2, 0.25) is 5.02 Å². The Morgan fingerprint density at radius 3 is 3.00 bits per heavy atom. The van der Waals surface area contributed by atoms with Crippen LogP contribution in [0.25, 0.3) is 17.0 Å². The van der Waals surface area contributed by atoms with E-state index in [1.165, 1.54) is 0 Å². The quantitative estimate of drug-likeness (QED) is 0.663. The van der Waals surface area contributed by atoms with E-state index in [4.69, 9.17) is 11.6 Å². The second kappa shape index (κ2) is 3.86. The minimum atomic E-state index is 0.365. The number of pyridine rings is 1. The molecule has 1 aliphatic carbocycles. The van der Waals surface area contributed by atoms with Crippen molar-refractivity contribution in [1.29, 1.82) is 0 Å². The molecule has 0 saturated carbocycles. The van der Waals surface area contributed by atoms with Crippen molar-refractivity contribution in [2.24, 2.45) is 0 Å². The maximum atomic E-state index is 6.40. The smallest absolute Gasteiger partial charge is 0.0720 e. The fraction of sp³-hybridized carbons (Fsp3) is 0.154. The summed E-state index contributed by atoms with van der Waals surface area (Å²) in [5.74, 6) is 0. The normalized spacial score (nSPS) is 18.8.